The van der Waals surface area contributed by atoms with Gasteiger partial charge < -0.3 is 0 Å². The summed E-state index contributed by atoms with van der Waals surface area (Å²) in [6.45, 7) is 0. The van der Waals surface area contributed by atoms with Gasteiger partial charge in [-0.2, -0.15) is 9.97 Å². The van der Waals surface area contributed by atoms with Crippen LogP contribution < -0.4 is 0 Å². The Morgan fingerprint density at radius 1 is 0.375 bits per heavy atom. The first-order valence-corrected chi connectivity index (χ1v) is 19.5. The van der Waals surface area contributed by atoms with Crippen LogP contribution >= 0.6 is 11.3 Å². The Labute approximate surface area is 326 Å². The van der Waals surface area contributed by atoms with Crippen LogP contribution in [0.5, 0.6) is 0 Å². The second-order valence-electron chi connectivity index (χ2n) is 13.9. The molecule has 0 radical (unpaired) electrons. The third-order valence-electron chi connectivity index (χ3n) is 10.5. The van der Waals surface area contributed by atoms with E-state index in [1.165, 1.54) is 20.2 Å². The van der Waals surface area contributed by atoms with Gasteiger partial charge in [-0.25, -0.2) is 9.97 Å². The van der Waals surface area contributed by atoms with Crippen LogP contribution in [0.4, 0.5) is 0 Å². The number of hydrogen-bond donors (Lipinski definition) is 0. The normalized spacial score (nSPS) is 11.6. The van der Waals surface area contributed by atoms with Crippen molar-refractivity contribution in [1.82, 2.24) is 24.5 Å². The molecule has 4 aromatic heterocycles. The Hall–Kier alpha value is -7.28. The van der Waals surface area contributed by atoms with Crippen molar-refractivity contribution >= 4 is 53.4 Å². The molecule has 0 saturated carbocycles. The lowest BCUT2D eigenvalue weighted by Crippen LogP contribution is -2.06. The molecule has 56 heavy (non-hydrogen) atoms. The molecule has 7 aromatic carbocycles. The first-order chi connectivity index (χ1) is 27.7. The van der Waals surface area contributed by atoms with Gasteiger partial charge in [-0.1, -0.05) is 146 Å². The van der Waals surface area contributed by atoms with Crippen LogP contribution in [0.2, 0.25) is 0 Å². The summed E-state index contributed by atoms with van der Waals surface area (Å²) < 4.78 is 4.65. The van der Waals surface area contributed by atoms with E-state index in [0.717, 1.165) is 66.6 Å². The fourth-order valence-corrected chi connectivity index (χ4v) is 8.92. The Bertz CT molecular complexity index is 3140. The molecule has 0 atom stereocenters. The summed E-state index contributed by atoms with van der Waals surface area (Å²) in [4.78, 5) is 21.3. The number of benzene rings is 7. The summed E-state index contributed by atoms with van der Waals surface area (Å²) >= 11 is 1.80. The zero-order valence-corrected chi connectivity index (χ0v) is 30.9. The average molecular weight is 734 g/mol. The zero-order valence-electron chi connectivity index (χ0n) is 30.0. The Kier molecular flexibility index (Phi) is 7.60. The van der Waals surface area contributed by atoms with E-state index >= 15 is 0 Å². The van der Waals surface area contributed by atoms with Crippen molar-refractivity contribution in [2.45, 2.75) is 0 Å². The van der Waals surface area contributed by atoms with Crippen LogP contribution in [0, 0.1) is 0 Å². The van der Waals surface area contributed by atoms with Gasteiger partial charge in [0, 0.05) is 42.2 Å². The minimum atomic E-state index is 0.539. The van der Waals surface area contributed by atoms with Crippen molar-refractivity contribution in [3.05, 3.63) is 188 Å². The Morgan fingerprint density at radius 3 is 1.57 bits per heavy atom. The zero-order chi connectivity index (χ0) is 37.0. The standard InChI is InChI=1S/C50H31N5S/c1-4-14-32(15-5-1)35-20-12-22-37(30-35)48-52-49(38-23-13-21-36(31-38)33-16-6-2-7-17-33)54-50(53-48)55-42-28-27-41(34-18-8-3-9-19-34)51-46(42)40-26-29-44-45(47(40)55)39-24-10-11-25-43(39)56-44/h1-31H. The molecule has 262 valence electrons. The smallest absolute Gasteiger partial charge is 0.238 e. The molecular formula is C50H31N5S. The lowest BCUT2D eigenvalue weighted by molar-refractivity contribution is 0.955. The van der Waals surface area contributed by atoms with Crippen LogP contribution in [0.25, 0.3) is 104 Å². The molecule has 0 aliphatic rings. The highest BCUT2D eigenvalue weighted by molar-refractivity contribution is 7.26. The molecule has 0 aliphatic carbocycles. The highest BCUT2D eigenvalue weighted by atomic mass is 32.1. The SMILES string of the molecule is c1ccc(-c2cccc(-c3nc(-c4cccc(-c5ccccc5)c4)nc(-n4c5ccc(-c6ccccc6)nc5c5ccc6sc7ccccc7c6c54)n3)c2)cc1. The highest BCUT2D eigenvalue weighted by Gasteiger charge is 2.23. The molecule has 0 aliphatic heterocycles. The molecule has 4 heterocycles. The van der Waals surface area contributed by atoms with Gasteiger partial charge in [-0.15, -0.1) is 11.3 Å². The highest BCUT2D eigenvalue weighted by Crippen LogP contribution is 2.43. The molecule has 0 spiro atoms. The summed E-state index contributed by atoms with van der Waals surface area (Å²) in [5.41, 5.74) is 11.1. The molecular weight excluding hydrogens is 703 g/mol. The molecule has 0 bridgehead atoms. The van der Waals surface area contributed by atoms with Gasteiger partial charge in [0.15, 0.2) is 11.6 Å². The van der Waals surface area contributed by atoms with Crippen molar-refractivity contribution in [1.29, 1.82) is 0 Å². The van der Waals surface area contributed by atoms with E-state index in [4.69, 9.17) is 19.9 Å². The third-order valence-corrected chi connectivity index (χ3v) is 11.6. The van der Waals surface area contributed by atoms with E-state index in [2.05, 4.69) is 174 Å². The summed E-state index contributed by atoms with van der Waals surface area (Å²) in [5.74, 6) is 1.73. The lowest BCUT2D eigenvalue weighted by Gasteiger charge is -2.13. The Morgan fingerprint density at radius 2 is 0.929 bits per heavy atom. The molecule has 5 nitrogen and oxygen atoms in total. The minimum absolute atomic E-state index is 0.539. The topological polar surface area (TPSA) is 56.5 Å². The molecule has 0 unspecified atom stereocenters. The molecule has 0 amide bonds. The second kappa shape index (κ2) is 13.2. The summed E-state index contributed by atoms with van der Waals surface area (Å²) in [6.07, 6.45) is 0. The van der Waals surface area contributed by atoms with E-state index in [1.807, 2.05) is 18.2 Å². The first-order valence-electron chi connectivity index (χ1n) is 18.6. The number of rotatable bonds is 6. The van der Waals surface area contributed by atoms with Gasteiger partial charge in [0.05, 0.1) is 22.2 Å². The van der Waals surface area contributed by atoms with Gasteiger partial charge in [0.2, 0.25) is 5.95 Å². The van der Waals surface area contributed by atoms with Crippen LogP contribution in [0.1, 0.15) is 0 Å². The van der Waals surface area contributed by atoms with Crippen molar-refractivity contribution in [3.63, 3.8) is 0 Å². The van der Waals surface area contributed by atoms with Gasteiger partial charge in [0.25, 0.3) is 0 Å². The number of hydrogen-bond acceptors (Lipinski definition) is 5. The van der Waals surface area contributed by atoms with E-state index in [-0.39, 0.29) is 0 Å². The van der Waals surface area contributed by atoms with Gasteiger partial charge >= 0.3 is 0 Å². The van der Waals surface area contributed by atoms with Gasteiger partial charge in [-0.3, -0.25) is 4.57 Å². The average Bonchev–Trinajstić information content (AvgIpc) is 3.83. The molecule has 0 saturated heterocycles. The first kappa shape index (κ1) is 32.2. The van der Waals surface area contributed by atoms with E-state index < -0.39 is 0 Å². The van der Waals surface area contributed by atoms with Crippen LogP contribution in [-0.4, -0.2) is 24.5 Å². The fraction of sp³-hybridized carbons (Fsp3) is 0. The molecule has 0 fully saturated rings. The number of fused-ring (bicyclic) bond motifs is 7. The fourth-order valence-electron chi connectivity index (χ4n) is 7.81. The molecule has 0 N–H and O–H groups in total. The van der Waals surface area contributed by atoms with Crippen molar-refractivity contribution in [2.24, 2.45) is 0 Å². The number of nitrogens with zero attached hydrogens (tertiary/aromatic N) is 5. The predicted molar refractivity (Wildman–Crippen MR) is 232 cm³/mol. The summed E-state index contributed by atoms with van der Waals surface area (Å²) in [6, 6.07) is 65.5. The molecule has 6 heteroatoms. The number of pyridine rings is 1. The maximum Gasteiger partial charge on any atom is 0.238 e. The quantitative estimate of drug-likeness (QED) is 0.171. The van der Waals surface area contributed by atoms with Crippen molar-refractivity contribution < 1.29 is 0 Å². The van der Waals surface area contributed by atoms with E-state index in [1.54, 1.807) is 11.3 Å². The monoisotopic (exact) mass is 733 g/mol. The van der Waals surface area contributed by atoms with E-state index in [9.17, 15) is 0 Å². The second-order valence-corrected chi connectivity index (χ2v) is 15.0. The lowest BCUT2D eigenvalue weighted by atomic mass is 10.0. The maximum atomic E-state index is 5.36. The van der Waals surface area contributed by atoms with Crippen LogP contribution in [0.15, 0.2) is 188 Å². The van der Waals surface area contributed by atoms with Gasteiger partial charge in [-0.05, 0) is 64.7 Å². The number of thiophene rings is 1. The third kappa shape index (κ3) is 5.46. The largest absolute Gasteiger partial charge is 0.275 e. The van der Waals surface area contributed by atoms with Crippen molar-refractivity contribution in [2.75, 3.05) is 0 Å². The minimum Gasteiger partial charge on any atom is -0.275 e. The molecule has 11 aromatic rings. The van der Waals surface area contributed by atoms with Crippen LogP contribution in [-0.2, 0) is 0 Å². The van der Waals surface area contributed by atoms with Gasteiger partial charge in [0.1, 0.15) is 0 Å². The predicted octanol–water partition coefficient (Wildman–Crippen LogP) is 13.1. The number of aromatic nitrogens is 5. The molecule has 11 rings (SSSR count). The summed E-state index contributed by atoms with van der Waals surface area (Å²) in [5, 5.41) is 3.42. The summed E-state index contributed by atoms with van der Waals surface area (Å²) in [7, 11) is 0. The van der Waals surface area contributed by atoms with Crippen LogP contribution in [0.3, 0.4) is 0 Å². The van der Waals surface area contributed by atoms with Crippen molar-refractivity contribution in [3.8, 4) is 62.2 Å². The maximum absolute atomic E-state index is 5.36. The van der Waals surface area contributed by atoms with E-state index in [0.29, 0.717) is 17.6 Å². The Balaban J connectivity index is 1.22.